The molecule has 5 heteroatoms. The van der Waals surface area contributed by atoms with Crippen LogP contribution in [-0.2, 0) is 9.53 Å². The third kappa shape index (κ3) is 3.68. The molecule has 5 nitrogen and oxygen atoms in total. The molecule has 2 atom stereocenters. The van der Waals surface area contributed by atoms with Crippen molar-refractivity contribution in [1.29, 1.82) is 0 Å². The zero-order chi connectivity index (χ0) is 13.7. The minimum absolute atomic E-state index is 0.0464. The lowest BCUT2D eigenvalue weighted by atomic mass is 9.99. The van der Waals surface area contributed by atoms with Crippen molar-refractivity contribution in [2.24, 2.45) is 5.73 Å². The summed E-state index contributed by atoms with van der Waals surface area (Å²) in [6, 6.07) is 7.13. The summed E-state index contributed by atoms with van der Waals surface area (Å²) in [5, 5.41) is 9.10. The van der Waals surface area contributed by atoms with Gasteiger partial charge in [0.1, 0.15) is 11.9 Å². The molecule has 0 aliphatic carbocycles. The largest absolute Gasteiger partial charge is 0.488 e. The second-order valence-electron chi connectivity index (χ2n) is 4.66. The number of hydrogen-bond donors (Lipinski definition) is 2. The standard InChI is InChI=1S/C14H19NO4/c15-8-13(14(16)17)10-3-1-4-11(7-10)19-12-5-2-6-18-9-12/h1,3-4,7,12-13H,2,5-6,8-9,15H2,(H,16,17). The van der Waals surface area contributed by atoms with E-state index < -0.39 is 11.9 Å². The molecular formula is C14H19NO4. The van der Waals surface area contributed by atoms with Crippen LogP contribution in [0.3, 0.4) is 0 Å². The van der Waals surface area contributed by atoms with E-state index in [0.29, 0.717) is 17.9 Å². The number of carboxylic acid groups (broad SMARTS) is 1. The highest BCUT2D eigenvalue weighted by atomic mass is 16.5. The van der Waals surface area contributed by atoms with Crippen LogP contribution in [0.15, 0.2) is 24.3 Å². The first-order valence-electron chi connectivity index (χ1n) is 6.48. The SMILES string of the molecule is NCC(C(=O)O)c1cccc(OC2CCCOC2)c1. The summed E-state index contributed by atoms with van der Waals surface area (Å²) in [5.41, 5.74) is 6.17. The lowest BCUT2D eigenvalue weighted by molar-refractivity contribution is -0.138. The first kappa shape index (κ1) is 13.8. The van der Waals surface area contributed by atoms with Crippen LogP contribution in [0.25, 0.3) is 0 Å². The predicted molar refractivity (Wildman–Crippen MR) is 70.3 cm³/mol. The summed E-state index contributed by atoms with van der Waals surface area (Å²) in [7, 11) is 0. The van der Waals surface area contributed by atoms with Gasteiger partial charge in [-0.1, -0.05) is 12.1 Å². The van der Waals surface area contributed by atoms with Crippen molar-refractivity contribution in [2.75, 3.05) is 19.8 Å². The molecule has 1 aromatic carbocycles. The highest BCUT2D eigenvalue weighted by molar-refractivity contribution is 5.76. The molecule has 0 bridgehead atoms. The Morgan fingerprint density at radius 3 is 3.05 bits per heavy atom. The number of carboxylic acids is 1. The number of hydrogen-bond acceptors (Lipinski definition) is 4. The van der Waals surface area contributed by atoms with Gasteiger partial charge in [0, 0.05) is 13.2 Å². The second-order valence-corrected chi connectivity index (χ2v) is 4.66. The van der Waals surface area contributed by atoms with Crippen molar-refractivity contribution < 1.29 is 19.4 Å². The van der Waals surface area contributed by atoms with E-state index in [1.807, 2.05) is 6.07 Å². The first-order chi connectivity index (χ1) is 9.20. The van der Waals surface area contributed by atoms with E-state index in [2.05, 4.69) is 0 Å². The Morgan fingerprint density at radius 1 is 1.58 bits per heavy atom. The molecule has 1 aliphatic rings. The summed E-state index contributed by atoms with van der Waals surface area (Å²) in [5.74, 6) is -0.931. The van der Waals surface area contributed by atoms with Crippen molar-refractivity contribution in [2.45, 2.75) is 24.9 Å². The van der Waals surface area contributed by atoms with E-state index in [-0.39, 0.29) is 12.6 Å². The maximum absolute atomic E-state index is 11.1. The molecule has 1 aromatic rings. The topological polar surface area (TPSA) is 81.8 Å². The normalized spacial score (nSPS) is 20.8. The van der Waals surface area contributed by atoms with Gasteiger partial charge in [-0.25, -0.2) is 0 Å². The van der Waals surface area contributed by atoms with Crippen molar-refractivity contribution in [3.8, 4) is 5.75 Å². The fraction of sp³-hybridized carbons (Fsp3) is 0.500. The Morgan fingerprint density at radius 2 is 2.42 bits per heavy atom. The zero-order valence-electron chi connectivity index (χ0n) is 10.7. The van der Waals surface area contributed by atoms with E-state index in [1.165, 1.54) is 0 Å². The van der Waals surface area contributed by atoms with Gasteiger partial charge in [-0.2, -0.15) is 0 Å². The molecule has 19 heavy (non-hydrogen) atoms. The Balaban J connectivity index is 2.07. The third-order valence-electron chi connectivity index (χ3n) is 3.22. The first-order valence-corrected chi connectivity index (χ1v) is 6.48. The number of aliphatic carboxylic acids is 1. The monoisotopic (exact) mass is 265 g/mol. The fourth-order valence-electron chi connectivity index (χ4n) is 2.18. The predicted octanol–water partition coefficient (Wildman–Crippen LogP) is 1.37. The summed E-state index contributed by atoms with van der Waals surface area (Å²) in [6.45, 7) is 1.45. The minimum atomic E-state index is -0.916. The van der Waals surface area contributed by atoms with Crippen LogP contribution < -0.4 is 10.5 Å². The summed E-state index contributed by atoms with van der Waals surface area (Å²) < 4.78 is 11.2. The zero-order valence-corrected chi connectivity index (χ0v) is 10.7. The maximum Gasteiger partial charge on any atom is 0.312 e. The van der Waals surface area contributed by atoms with Crippen LogP contribution in [0, 0.1) is 0 Å². The summed E-state index contributed by atoms with van der Waals surface area (Å²) in [4.78, 5) is 11.1. The summed E-state index contributed by atoms with van der Waals surface area (Å²) >= 11 is 0. The molecule has 1 fully saturated rings. The molecule has 1 aliphatic heterocycles. The Hall–Kier alpha value is -1.59. The van der Waals surface area contributed by atoms with Gasteiger partial charge in [0.2, 0.25) is 0 Å². The average Bonchev–Trinajstić information content (AvgIpc) is 2.41. The third-order valence-corrected chi connectivity index (χ3v) is 3.22. The fourth-order valence-corrected chi connectivity index (χ4v) is 2.18. The molecule has 2 rings (SSSR count). The van der Waals surface area contributed by atoms with Crippen LogP contribution >= 0.6 is 0 Å². The number of rotatable bonds is 5. The molecule has 2 unspecified atom stereocenters. The van der Waals surface area contributed by atoms with Gasteiger partial charge in [-0.15, -0.1) is 0 Å². The Labute approximate surface area is 112 Å². The molecule has 0 spiro atoms. The van der Waals surface area contributed by atoms with Gasteiger partial charge in [0.05, 0.1) is 12.5 Å². The van der Waals surface area contributed by atoms with Crippen molar-refractivity contribution in [1.82, 2.24) is 0 Å². The van der Waals surface area contributed by atoms with Gasteiger partial charge < -0.3 is 20.3 Å². The number of ether oxygens (including phenoxy) is 2. The molecule has 1 saturated heterocycles. The smallest absolute Gasteiger partial charge is 0.312 e. The van der Waals surface area contributed by atoms with Crippen LogP contribution in [0.4, 0.5) is 0 Å². The van der Waals surface area contributed by atoms with Gasteiger partial charge in [0.25, 0.3) is 0 Å². The highest BCUT2D eigenvalue weighted by Crippen LogP contribution is 2.23. The molecule has 1 heterocycles. The molecule has 0 saturated carbocycles. The van der Waals surface area contributed by atoms with E-state index in [1.54, 1.807) is 18.2 Å². The quantitative estimate of drug-likeness (QED) is 0.840. The lowest BCUT2D eigenvalue weighted by Gasteiger charge is -2.23. The van der Waals surface area contributed by atoms with Crippen LogP contribution in [0.1, 0.15) is 24.3 Å². The molecule has 0 aromatic heterocycles. The Bertz CT molecular complexity index is 429. The molecular weight excluding hydrogens is 246 g/mol. The average molecular weight is 265 g/mol. The van der Waals surface area contributed by atoms with Gasteiger partial charge in [0.15, 0.2) is 0 Å². The van der Waals surface area contributed by atoms with Gasteiger partial charge in [-0.3, -0.25) is 4.79 Å². The lowest BCUT2D eigenvalue weighted by Crippen LogP contribution is -2.28. The van der Waals surface area contributed by atoms with Crippen molar-refractivity contribution >= 4 is 5.97 Å². The molecule has 3 N–H and O–H groups in total. The van der Waals surface area contributed by atoms with Gasteiger partial charge >= 0.3 is 5.97 Å². The van der Waals surface area contributed by atoms with Crippen LogP contribution in [-0.4, -0.2) is 36.9 Å². The maximum atomic E-state index is 11.1. The summed E-state index contributed by atoms with van der Waals surface area (Å²) in [6.07, 6.45) is 2.00. The van der Waals surface area contributed by atoms with Crippen molar-refractivity contribution in [3.63, 3.8) is 0 Å². The van der Waals surface area contributed by atoms with E-state index >= 15 is 0 Å². The highest BCUT2D eigenvalue weighted by Gasteiger charge is 2.20. The number of nitrogens with two attached hydrogens (primary N) is 1. The van der Waals surface area contributed by atoms with E-state index in [9.17, 15) is 4.79 Å². The molecule has 104 valence electrons. The number of benzene rings is 1. The van der Waals surface area contributed by atoms with E-state index in [0.717, 1.165) is 19.4 Å². The second kappa shape index (κ2) is 6.54. The minimum Gasteiger partial charge on any atom is -0.488 e. The van der Waals surface area contributed by atoms with Crippen LogP contribution in [0.2, 0.25) is 0 Å². The van der Waals surface area contributed by atoms with E-state index in [4.69, 9.17) is 20.3 Å². The van der Waals surface area contributed by atoms with Crippen molar-refractivity contribution in [3.05, 3.63) is 29.8 Å². The Kier molecular flexibility index (Phi) is 4.76. The van der Waals surface area contributed by atoms with Gasteiger partial charge in [-0.05, 0) is 30.5 Å². The molecule has 0 amide bonds. The number of carbonyl (C=O) groups is 1. The molecule has 0 radical (unpaired) electrons. The van der Waals surface area contributed by atoms with Crippen LogP contribution in [0.5, 0.6) is 5.75 Å².